The second-order valence-corrected chi connectivity index (χ2v) is 11.3. The van der Waals surface area contributed by atoms with E-state index in [-0.39, 0.29) is 11.3 Å². The molecule has 0 radical (unpaired) electrons. The summed E-state index contributed by atoms with van der Waals surface area (Å²) in [7, 11) is 0. The molecular weight excluding hydrogens is 452 g/mol. The van der Waals surface area contributed by atoms with Gasteiger partial charge in [-0.25, -0.2) is 4.98 Å². The third-order valence-electron chi connectivity index (χ3n) is 8.88. The number of likely N-dealkylation sites (tertiary alicyclic amines) is 1. The minimum Gasteiger partial charge on any atom is -0.365 e. The number of primary amides is 1. The van der Waals surface area contributed by atoms with Gasteiger partial charge in [0.05, 0.1) is 21.9 Å². The van der Waals surface area contributed by atoms with Crippen LogP contribution in [0.2, 0.25) is 0 Å². The monoisotopic (exact) mass is 488 g/mol. The quantitative estimate of drug-likeness (QED) is 0.521. The van der Waals surface area contributed by atoms with Crippen LogP contribution in [0.15, 0.2) is 24.4 Å². The van der Waals surface area contributed by atoms with Crippen LogP contribution in [0.3, 0.4) is 0 Å². The van der Waals surface area contributed by atoms with Crippen molar-refractivity contribution < 1.29 is 9.59 Å². The van der Waals surface area contributed by atoms with Gasteiger partial charge in [0.25, 0.3) is 5.91 Å². The molecule has 5 heterocycles. The molecule has 3 fully saturated rings. The molecule has 3 aliphatic heterocycles. The van der Waals surface area contributed by atoms with Gasteiger partial charge in [0, 0.05) is 42.8 Å². The first-order valence-electron chi connectivity index (χ1n) is 13.4. The highest BCUT2D eigenvalue weighted by atomic mass is 16.2. The average Bonchev–Trinajstić information content (AvgIpc) is 3.43. The number of fused-ring (bicyclic) bond motifs is 3. The van der Waals surface area contributed by atoms with E-state index in [1.807, 2.05) is 0 Å². The number of anilines is 1. The van der Waals surface area contributed by atoms with Crippen molar-refractivity contribution in [2.24, 2.45) is 11.1 Å². The predicted octanol–water partition coefficient (Wildman–Crippen LogP) is 3.51. The number of benzene rings is 1. The Hall–Kier alpha value is -3.13. The van der Waals surface area contributed by atoms with Gasteiger partial charge in [-0.3, -0.25) is 9.59 Å². The Bertz CT molecular complexity index is 1340. The summed E-state index contributed by atoms with van der Waals surface area (Å²) in [5, 5.41) is 5.06. The molecule has 1 atom stereocenters. The van der Waals surface area contributed by atoms with E-state index in [9.17, 15) is 9.59 Å². The molecule has 36 heavy (non-hydrogen) atoms. The number of rotatable bonds is 4. The van der Waals surface area contributed by atoms with Gasteiger partial charge < -0.3 is 25.8 Å². The summed E-state index contributed by atoms with van der Waals surface area (Å²) in [6.45, 7) is 8.99. The molecule has 4 N–H and O–H groups in total. The number of pyridine rings is 1. The molecule has 3 aromatic rings. The maximum Gasteiger partial charge on any atom is 0.252 e. The zero-order valence-corrected chi connectivity index (χ0v) is 21.3. The maximum atomic E-state index is 12.8. The van der Waals surface area contributed by atoms with E-state index < -0.39 is 5.91 Å². The van der Waals surface area contributed by atoms with Crippen LogP contribution in [0.4, 0.5) is 5.82 Å². The summed E-state index contributed by atoms with van der Waals surface area (Å²) in [5.41, 5.74) is 8.87. The van der Waals surface area contributed by atoms with Crippen LogP contribution in [0.5, 0.6) is 0 Å². The molecular formula is C28H36N6O2. The smallest absolute Gasteiger partial charge is 0.252 e. The molecule has 8 heteroatoms. The normalized spacial score (nSPS) is 23.9. The lowest BCUT2D eigenvalue weighted by atomic mass is 9.78. The van der Waals surface area contributed by atoms with E-state index in [4.69, 9.17) is 10.7 Å². The van der Waals surface area contributed by atoms with E-state index in [0.29, 0.717) is 24.1 Å². The fourth-order valence-electron chi connectivity index (χ4n) is 6.75. The lowest BCUT2D eigenvalue weighted by molar-refractivity contribution is -0.128. The maximum absolute atomic E-state index is 12.8. The topological polar surface area (TPSA) is 107 Å². The number of aromatic nitrogens is 2. The minimum absolute atomic E-state index is 0.158. The summed E-state index contributed by atoms with van der Waals surface area (Å²) in [5.74, 6) is 1.03. The van der Waals surface area contributed by atoms with Crippen molar-refractivity contribution in [3.63, 3.8) is 0 Å². The first-order chi connectivity index (χ1) is 17.4. The predicted molar refractivity (Wildman–Crippen MR) is 142 cm³/mol. The summed E-state index contributed by atoms with van der Waals surface area (Å²) in [4.78, 5) is 38.1. The number of nitrogens with zero attached hydrogens (tertiary/aromatic N) is 3. The molecule has 0 aliphatic carbocycles. The third kappa shape index (κ3) is 3.74. The van der Waals surface area contributed by atoms with Crippen LogP contribution in [0.25, 0.3) is 21.8 Å². The van der Waals surface area contributed by atoms with Gasteiger partial charge in [-0.05, 0) is 82.7 Å². The number of piperidine rings is 2. The van der Waals surface area contributed by atoms with Crippen molar-refractivity contribution in [1.82, 2.24) is 20.2 Å². The van der Waals surface area contributed by atoms with Crippen LogP contribution >= 0.6 is 0 Å². The van der Waals surface area contributed by atoms with E-state index in [2.05, 4.69) is 52.1 Å². The van der Waals surface area contributed by atoms with Crippen molar-refractivity contribution in [2.75, 3.05) is 37.6 Å². The highest BCUT2D eigenvalue weighted by molar-refractivity contribution is 6.18. The zero-order chi connectivity index (χ0) is 25.0. The second-order valence-electron chi connectivity index (χ2n) is 11.3. The molecule has 2 aromatic heterocycles. The highest BCUT2D eigenvalue weighted by Crippen LogP contribution is 2.42. The van der Waals surface area contributed by atoms with Crippen LogP contribution in [-0.2, 0) is 4.79 Å². The fraction of sp³-hybridized carbons (Fsp3) is 0.536. The number of H-pyrrole nitrogens is 1. The van der Waals surface area contributed by atoms with Crippen molar-refractivity contribution in [1.29, 1.82) is 0 Å². The third-order valence-corrected chi connectivity index (χ3v) is 8.88. The van der Waals surface area contributed by atoms with Gasteiger partial charge in [-0.1, -0.05) is 6.07 Å². The van der Waals surface area contributed by atoms with Crippen molar-refractivity contribution >= 4 is 39.4 Å². The van der Waals surface area contributed by atoms with E-state index in [1.54, 1.807) is 6.20 Å². The van der Waals surface area contributed by atoms with Gasteiger partial charge in [-0.15, -0.1) is 0 Å². The summed E-state index contributed by atoms with van der Waals surface area (Å²) < 4.78 is 0. The van der Waals surface area contributed by atoms with Crippen LogP contribution < -0.4 is 16.0 Å². The number of carbonyl (C=O) groups excluding carboxylic acids is 2. The number of carbonyl (C=O) groups is 2. The van der Waals surface area contributed by atoms with Gasteiger partial charge in [0.15, 0.2) is 0 Å². The molecule has 1 aromatic carbocycles. The van der Waals surface area contributed by atoms with Crippen molar-refractivity contribution in [2.45, 2.75) is 57.9 Å². The Morgan fingerprint density at radius 1 is 1.19 bits per heavy atom. The van der Waals surface area contributed by atoms with E-state index in [1.165, 1.54) is 5.56 Å². The fourth-order valence-corrected chi connectivity index (χ4v) is 6.75. The zero-order valence-electron chi connectivity index (χ0n) is 21.3. The lowest BCUT2D eigenvalue weighted by Crippen LogP contribution is -2.47. The molecule has 8 nitrogen and oxygen atoms in total. The number of hydrogen-bond donors (Lipinski definition) is 3. The summed E-state index contributed by atoms with van der Waals surface area (Å²) in [6.07, 6.45) is 6.59. The lowest BCUT2D eigenvalue weighted by Gasteiger charge is -2.39. The van der Waals surface area contributed by atoms with Gasteiger partial charge in [0.1, 0.15) is 5.82 Å². The van der Waals surface area contributed by atoms with Gasteiger partial charge >= 0.3 is 0 Å². The van der Waals surface area contributed by atoms with Crippen LogP contribution in [0, 0.1) is 5.41 Å². The Labute approximate surface area is 211 Å². The van der Waals surface area contributed by atoms with E-state index in [0.717, 1.165) is 85.9 Å². The molecule has 1 spiro atoms. The number of aromatic amines is 1. The van der Waals surface area contributed by atoms with Gasteiger partial charge in [-0.2, -0.15) is 0 Å². The number of hydrogen-bond acceptors (Lipinski definition) is 5. The van der Waals surface area contributed by atoms with Crippen LogP contribution in [-0.4, -0.2) is 65.4 Å². The Morgan fingerprint density at radius 2 is 2.00 bits per heavy atom. The summed E-state index contributed by atoms with van der Waals surface area (Å²) in [6, 6.07) is 7.24. The Kier molecular flexibility index (Phi) is 5.67. The second kappa shape index (κ2) is 8.76. The number of nitrogens with two attached hydrogens (primary N) is 1. The van der Waals surface area contributed by atoms with Gasteiger partial charge in [0.2, 0.25) is 5.91 Å². The molecule has 190 valence electrons. The van der Waals surface area contributed by atoms with Crippen molar-refractivity contribution in [3.8, 4) is 0 Å². The van der Waals surface area contributed by atoms with Crippen LogP contribution in [0.1, 0.15) is 67.8 Å². The largest absolute Gasteiger partial charge is 0.365 e. The Balaban J connectivity index is 1.44. The first-order valence-corrected chi connectivity index (χ1v) is 13.4. The molecule has 2 amide bonds. The molecule has 3 saturated heterocycles. The Morgan fingerprint density at radius 3 is 2.69 bits per heavy atom. The van der Waals surface area contributed by atoms with E-state index >= 15 is 0 Å². The highest BCUT2D eigenvalue weighted by Gasteiger charge is 2.45. The number of amides is 2. The minimum atomic E-state index is -0.489. The average molecular weight is 489 g/mol. The molecule has 1 unspecified atom stereocenters. The summed E-state index contributed by atoms with van der Waals surface area (Å²) >= 11 is 0. The number of nitrogens with one attached hydrogen (secondary N) is 2. The SMILES string of the molecule is CC(C)N1CCC(c2ccc3[nH]c4c(C(N)=O)cnc(N5CCCC6(CCNC6=O)C5)c4c3c2)CC1. The molecule has 0 bridgehead atoms. The molecule has 0 saturated carbocycles. The van der Waals surface area contributed by atoms with Crippen molar-refractivity contribution in [3.05, 3.63) is 35.5 Å². The molecule has 3 aliphatic rings. The standard InChI is InChI=1S/C28H36N6O2/c1-17(2)33-12-6-18(7-13-33)19-4-5-22-20(14-19)23-24(32-22)21(25(29)35)15-31-26(23)34-11-3-8-28(16-34)9-10-30-27(28)36/h4-5,14-15,17-18,32H,3,6-13,16H2,1-2H3,(H2,29,35)(H,30,36). The molecule has 6 rings (SSSR count). The first kappa shape index (κ1) is 23.3.